The molecule has 0 bridgehead atoms. The Bertz CT molecular complexity index is 425. The minimum atomic E-state index is 0.567. The highest BCUT2D eigenvalue weighted by Gasteiger charge is 2.19. The van der Waals surface area contributed by atoms with E-state index in [0.29, 0.717) is 6.61 Å². The first kappa shape index (κ1) is 10.5. The Hall–Kier alpha value is -1.68. The minimum Gasteiger partial charge on any atom is -0.485 e. The van der Waals surface area contributed by atoms with Crippen LogP contribution in [-0.2, 0) is 0 Å². The third kappa shape index (κ3) is 2.08. The smallest absolute Gasteiger partial charge is 0.191 e. The fraction of sp³-hybridized carbons (Fsp3) is 0.385. The van der Waals surface area contributed by atoms with Gasteiger partial charge in [-0.3, -0.25) is 0 Å². The zero-order valence-electron chi connectivity index (χ0n) is 9.69. The van der Waals surface area contributed by atoms with Gasteiger partial charge in [0.15, 0.2) is 11.5 Å². The van der Waals surface area contributed by atoms with Crippen LogP contribution in [0.1, 0.15) is 0 Å². The average molecular weight is 232 g/mol. The second-order valence-electron chi connectivity index (χ2n) is 4.14. The Balaban J connectivity index is 1.95. The highest BCUT2D eigenvalue weighted by molar-refractivity contribution is 5.65. The second-order valence-corrected chi connectivity index (χ2v) is 4.14. The summed E-state index contributed by atoms with van der Waals surface area (Å²) in [5.41, 5.74) is 1.12. The van der Waals surface area contributed by atoms with Crippen LogP contribution in [0, 0.1) is 0 Å². The zero-order chi connectivity index (χ0) is 11.5. The molecule has 3 rings (SSSR count). The summed E-state index contributed by atoms with van der Waals surface area (Å²) in [7, 11) is 0. The van der Waals surface area contributed by atoms with E-state index in [-0.39, 0.29) is 0 Å². The van der Waals surface area contributed by atoms with E-state index in [4.69, 9.17) is 9.47 Å². The Labute approximate surface area is 101 Å². The number of rotatable bonds is 1. The SMILES string of the molecule is C1=COc2c(cccc2N2CCNCC2)OC1. The molecule has 17 heavy (non-hydrogen) atoms. The average Bonchev–Trinajstić information content (AvgIpc) is 2.64. The van der Waals surface area contributed by atoms with Crippen LogP contribution < -0.4 is 19.7 Å². The number of hydrogen-bond donors (Lipinski definition) is 1. The number of anilines is 1. The fourth-order valence-electron chi connectivity index (χ4n) is 2.18. The summed E-state index contributed by atoms with van der Waals surface area (Å²) < 4.78 is 11.3. The molecule has 0 aliphatic carbocycles. The zero-order valence-corrected chi connectivity index (χ0v) is 9.69. The molecule has 0 aromatic heterocycles. The molecular weight excluding hydrogens is 216 g/mol. The van der Waals surface area contributed by atoms with E-state index in [1.807, 2.05) is 18.2 Å². The second kappa shape index (κ2) is 4.67. The molecular formula is C13H16N2O2. The molecule has 0 amide bonds. The summed E-state index contributed by atoms with van der Waals surface area (Å²) in [6.07, 6.45) is 3.58. The van der Waals surface area contributed by atoms with Gasteiger partial charge in [-0.15, -0.1) is 0 Å². The van der Waals surface area contributed by atoms with Gasteiger partial charge in [0.05, 0.1) is 11.9 Å². The number of nitrogens with one attached hydrogen (secondary N) is 1. The van der Waals surface area contributed by atoms with Crippen molar-refractivity contribution < 1.29 is 9.47 Å². The molecule has 0 atom stereocenters. The quantitative estimate of drug-likeness (QED) is 0.793. The Morgan fingerprint density at radius 3 is 2.94 bits per heavy atom. The Kier molecular flexibility index (Phi) is 2.88. The molecule has 1 fully saturated rings. The van der Waals surface area contributed by atoms with Crippen LogP contribution in [0.3, 0.4) is 0 Å². The number of benzene rings is 1. The van der Waals surface area contributed by atoms with Gasteiger partial charge in [0.1, 0.15) is 6.61 Å². The van der Waals surface area contributed by atoms with Crippen molar-refractivity contribution in [3.63, 3.8) is 0 Å². The van der Waals surface area contributed by atoms with Crippen molar-refractivity contribution >= 4 is 5.69 Å². The lowest BCUT2D eigenvalue weighted by Crippen LogP contribution is -2.43. The first-order valence-corrected chi connectivity index (χ1v) is 5.98. The maximum Gasteiger partial charge on any atom is 0.191 e. The van der Waals surface area contributed by atoms with Crippen LogP contribution in [0.2, 0.25) is 0 Å². The van der Waals surface area contributed by atoms with Crippen molar-refractivity contribution in [3.8, 4) is 11.5 Å². The standard InChI is InChI=1S/C13H16N2O2/c1-3-11(15-7-5-14-6-8-15)13-12(4-1)16-9-2-10-17-13/h1-4,10,14H,5-9H2. The van der Waals surface area contributed by atoms with Crippen LogP contribution >= 0.6 is 0 Å². The third-order valence-corrected chi connectivity index (χ3v) is 3.03. The number of hydrogen-bond acceptors (Lipinski definition) is 4. The van der Waals surface area contributed by atoms with Crippen molar-refractivity contribution in [2.45, 2.75) is 0 Å². The summed E-state index contributed by atoms with van der Waals surface area (Å²) in [4.78, 5) is 2.33. The van der Waals surface area contributed by atoms with Gasteiger partial charge in [-0.1, -0.05) is 6.07 Å². The third-order valence-electron chi connectivity index (χ3n) is 3.03. The Morgan fingerprint density at radius 1 is 1.18 bits per heavy atom. The summed E-state index contributed by atoms with van der Waals surface area (Å²) in [5, 5.41) is 3.35. The molecule has 4 heteroatoms. The summed E-state index contributed by atoms with van der Waals surface area (Å²) >= 11 is 0. The first-order chi connectivity index (χ1) is 8.45. The van der Waals surface area contributed by atoms with Gasteiger partial charge in [0.2, 0.25) is 0 Å². The number of fused-ring (bicyclic) bond motifs is 1. The normalized spacial score (nSPS) is 18.9. The van der Waals surface area contributed by atoms with Crippen molar-refractivity contribution in [1.29, 1.82) is 0 Å². The molecule has 2 heterocycles. The van der Waals surface area contributed by atoms with E-state index in [9.17, 15) is 0 Å². The monoisotopic (exact) mass is 232 g/mol. The molecule has 2 aliphatic heterocycles. The molecule has 0 saturated carbocycles. The van der Waals surface area contributed by atoms with Crippen molar-refractivity contribution in [3.05, 3.63) is 30.5 Å². The van der Waals surface area contributed by atoms with Gasteiger partial charge in [0.25, 0.3) is 0 Å². The molecule has 1 aromatic rings. The van der Waals surface area contributed by atoms with Crippen LogP contribution in [-0.4, -0.2) is 32.8 Å². The number of nitrogens with zero attached hydrogens (tertiary/aromatic N) is 1. The van der Waals surface area contributed by atoms with Gasteiger partial charge < -0.3 is 19.7 Å². The summed E-state index contributed by atoms with van der Waals surface area (Å²) in [6.45, 7) is 4.60. The maximum absolute atomic E-state index is 5.67. The van der Waals surface area contributed by atoms with Crippen LogP contribution in [0.5, 0.6) is 11.5 Å². The van der Waals surface area contributed by atoms with Crippen molar-refractivity contribution in [2.24, 2.45) is 0 Å². The summed E-state index contributed by atoms with van der Waals surface area (Å²) in [6, 6.07) is 6.06. The van der Waals surface area contributed by atoms with E-state index in [0.717, 1.165) is 43.4 Å². The molecule has 1 aromatic carbocycles. The summed E-state index contributed by atoms with van der Waals surface area (Å²) in [5.74, 6) is 1.66. The lowest BCUT2D eigenvalue weighted by atomic mass is 10.2. The molecule has 0 spiro atoms. The van der Waals surface area contributed by atoms with Gasteiger partial charge in [-0.05, 0) is 18.2 Å². The van der Waals surface area contributed by atoms with Crippen LogP contribution in [0.4, 0.5) is 5.69 Å². The van der Waals surface area contributed by atoms with Gasteiger partial charge in [0, 0.05) is 26.2 Å². The maximum atomic E-state index is 5.67. The lowest BCUT2D eigenvalue weighted by molar-refractivity contribution is 0.356. The molecule has 0 unspecified atom stereocenters. The predicted octanol–water partition coefficient (Wildman–Crippen LogP) is 1.38. The van der Waals surface area contributed by atoms with Crippen LogP contribution in [0.25, 0.3) is 0 Å². The first-order valence-electron chi connectivity index (χ1n) is 5.98. The van der Waals surface area contributed by atoms with E-state index in [2.05, 4.69) is 16.3 Å². The number of ether oxygens (including phenoxy) is 2. The molecule has 0 radical (unpaired) electrons. The largest absolute Gasteiger partial charge is 0.485 e. The molecule has 1 saturated heterocycles. The highest BCUT2D eigenvalue weighted by atomic mass is 16.5. The number of para-hydroxylation sites is 1. The molecule has 2 aliphatic rings. The molecule has 4 nitrogen and oxygen atoms in total. The van der Waals surface area contributed by atoms with Gasteiger partial charge in [-0.25, -0.2) is 0 Å². The van der Waals surface area contributed by atoms with E-state index in [1.54, 1.807) is 6.26 Å². The Morgan fingerprint density at radius 2 is 2.06 bits per heavy atom. The minimum absolute atomic E-state index is 0.567. The fourth-order valence-corrected chi connectivity index (χ4v) is 2.18. The van der Waals surface area contributed by atoms with E-state index >= 15 is 0 Å². The lowest BCUT2D eigenvalue weighted by Gasteiger charge is -2.30. The van der Waals surface area contributed by atoms with Crippen molar-refractivity contribution in [2.75, 3.05) is 37.7 Å². The van der Waals surface area contributed by atoms with E-state index < -0.39 is 0 Å². The molecule has 90 valence electrons. The predicted molar refractivity (Wildman–Crippen MR) is 66.8 cm³/mol. The molecule has 1 N–H and O–H groups in total. The highest BCUT2D eigenvalue weighted by Crippen LogP contribution is 2.38. The van der Waals surface area contributed by atoms with Gasteiger partial charge >= 0.3 is 0 Å². The van der Waals surface area contributed by atoms with E-state index in [1.165, 1.54) is 0 Å². The van der Waals surface area contributed by atoms with Gasteiger partial charge in [-0.2, -0.15) is 0 Å². The number of piperazine rings is 1. The van der Waals surface area contributed by atoms with Crippen LogP contribution in [0.15, 0.2) is 30.5 Å². The topological polar surface area (TPSA) is 33.7 Å². The van der Waals surface area contributed by atoms with Crippen molar-refractivity contribution in [1.82, 2.24) is 5.32 Å².